The molecular weight excluding hydrogens is 141 g/mol. The Morgan fingerprint density at radius 2 is 2.11 bits per heavy atom. The van der Waals surface area contributed by atoms with E-state index in [2.05, 4.69) is 0 Å². The van der Waals surface area contributed by atoms with E-state index in [1.165, 1.54) is 0 Å². The van der Waals surface area contributed by atoms with Gasteiger partial charge in [-0.1, -0.05) is 0 Å². The summed E-state index contributed by atoms with van der Waals surface area (Å²) in [6, 6.07) is 0. The second kappa shape index (κ2) is 4.07. The molecule has 9 heavy (non-hydrogen) atoms. The third-order valence-electron chi connectivity index (χ3n) is 1.58. The summed E-state index contributed by atoms with van der Waals surface area (Å²) in [4.78, 5) is 0. The minimum Gasteiger partial charge on any atom is -0.330 e. The first kappa shape index (κ1) is 9.18. The maximum atomic E-state index is 12.5. The summed E-state index contributed by atoms with van der Waals surface area (Å²) in [5, 5.41) is 0. The molecule has 0 aromatic carbocycles. The van der Waals surface area contributed by atoms with Crippen molar-refractivity contribution >= 4 is 12.4 Å². The van der Waals surface area contributed by atoms with Crippen LogP contribution in [0.15, 0.2) is 0 Å². The van der Waals surface area contributed by atoms with Crippen LogP contribution in [0.2, 0.25) is 0 Å². The van der Waals surface area contributed by atoms with Crippen molar-refractivity contribution < 1.29 is 4.39 Å². The van der Waals surface area contributed by atoms with E-state index in [0.717, 1.165) is 12.8 Å². The second-order valence-corrected chi connectivity index (χ2v) is 2.43. The summed E-state index contributed by atoms with van der Waals surface area (Å²) in [5.41, 5.74) is 5.15. The molecule has 0 heterocycles. The normalized spacial score (nSPS) is 20.7. The Morgan fingerprint density at radius 1 is 1.56 bits per heavy atom. The molecule has 0 aliphatic heterocycles. The quantitative estimate of drug-likeness (QED) is 0.654. The standard InChI is InChI=1S/C6H12FN.ClH/c7-6(3-4-8)5-1-2-5;/h5-6H,1-4,8H2;1H. The van der Waals surface area contributed by atoms with E-state index in [-0.39, 0.29) is 12.4 Å². The number of rotatable bonds is 3. The molecule has 0 aromatic heterocycles. The van der Waals surface area contributed by atoms with Crippen molar-refractivity contribution in [3.05, 3.63) is 0 Å². The zero-order valence-corrected chi connectivity index (χ0v) is 6.16. The molecule has 1 atom stereocenters. The van der Waals surface area contributed by atoms with Gasteiger partial charge < -0.3 is 5.73 Å². The highest BCUT2D eigenvalue weighted by molar-refractivity contribution is 5.85. The Bertz CT molecular complexity index is 75.5. The van der Waals surface area contributed by atoms with Gasteiger partial charge in [-0.05, 0) is 31.7 Å². The van der Waals surface area contributed by atoms with E-state index in [4.69, 9.17) is 5.73 Å². The first-order valence-electron chi connectivity index (χ1n) is 3.18. The van der Waals surface area contributed by atoms with Crippen molar-refractivity contribution in [1.82, 2.24) is 0 Å². The smallest absolute Gasteiger partial charge is 0.104 e. The molecule has 3 heteroatoms. The molecule has 1 nitrogen and oxygen atoms in total. The molecule has 0 saturated heterocycles. The number of alkyl halides is 1. The van der Waals surface area contributed by atoms with Crippen molar-refractivity contribution in [2.24, 2.45) is 11.7 Å². The van der Waals surface area contributed by atoms with Crippen molar-refractivity contribution in [2.45, 2.75) is 25.4 Å². The summed E-state index contributed by atoms with van der Waals surface area (Å²) >= 11 is 0. The van der Waals surface area contributed by atoms with Gasteiger partial charge in [-0.15, -0.1) is 12.4 Å². The molecule has 1 fully saturated rings. The lowest BCUT2D eigenvalue weighted by atomic mass is 10.2. The van der Waals surface area contributed by atoms with Crippen LogP contribution in [0.5, 0.6) is 0 Å². The average Bonchev–Trinajstić information content (AvgIpc) is 2.45. The molecule has 0 aromatic rings. The molecule has 1 unspecified atom stereocenters. The Morgan fingerprint density at radius 3 is 2.44 bits per heavy atom. The highest BCUT2D eigenvalue weighted by Gasteiger charge is 2.30. The molecule has 0 radical (unpaired) electrons. The van der Waals surface area contributed by atoms with Crippen LogP contribution in [-0.2, 0) is 0 Å². The van der Waals surface area contributed by atoms with Gasteiger partial charge in [0.15, 0.2) is 0 Å². The van der Waals surface area contributed by atoms with E-state index in [1.54, 1.807) is 0 Å². The monoisotopic (exact) mass is 153 g/mol. The van der Waals surface area contributed by atoms with Gasteiger partial charge in [0.2, 0.25) is 0 Å². The molecule has 1 saturated carbocycles. The van der Waals surface area contributed by atoms with Crippen LogP contribution in [0.4, 0.5) is 4.39 Å². The average molecular weight is 154 g/mol. The van der Waals surface area contributed by atoms with Crippen molar-refractivity contribution in [3.8, 4) is 0 Å². The molecule has 1 aliphatic carbocycles. The molecule has 0 spiro atoms. The topological polar surface area (TPSA) is 26.0 Å². The maximum absolute atomic E-state index is 12.5. The number of hydrogen-bond donors (Lipinski definition) is 1. The predicted molar refractivity (Wildman–Crippen MR) is 38.5 cm³/mol. The van der Waals surface area contributed by atoms with E-state index in [0.29, 0.717) is 18.9 Å². The van der Waals surface area contributed by atoms with Gasteiger partial charge in [0, 0.05) is 0 Å². The predicted octanol–water partition coefficient (Wildman–Crippen LogP) is 1.51. The largest absolute Gasteiger partial charge is 0.330 e. The summed E-state index contributed by atoms with van der Waals surface area (Å²) < 4.78 is 12.5. The van der Waals surface area contributed by atoms with Gasteiger partial charge >= 0.3 is 0 Å². The fourth-order valence-electron chi connectivity index (χ4n) is 0.853. The maximum Gasteiger partial charge on any atom is 0.104 e. The number of halogens is 2. The van der Waals surface area contributed by atoms with Gasteiger partial charge in [-0.3, -0.25) is 0 Å². The van der Waals surface area contributed by atoms with Gasteiger partial charge in [-0.25, -0.2) is 4.39 Å². The highest BCUT2D eigenvalue weighted by Crippen LogP contribution is 2.35. The first-order chi connectivity index (χ1) is 3.84. The Hall–Kier alpha value is 0.180. The van der Waals surface area contributed by atoms with Gasteiger partial charge in [-0.2, -0.15) is 0 Å². The summed E-state index contributed by atoms with van der Waals surface area (Å²) in [5.74, 6) is 0.374. The summed E-state index contributed by atoms with van der Waals surface area (Å²) in [6.45, 7) is 0.498. The van der Waals surface area contributed by atoms with Crippen LogP contribution in [-0.4, -0.2) is 12.7 Å². The fourth-order valence-corrected chi connectivity index (χ4v) is 0.853. The molecular formula is C6H13ClFN. The number of hydrogen-bond acceptors (Lipinski definition) is 1. The zero-order valence-electron chi connectivity index (χ0n) is 5.35. The van der Waals surface area contributed by atoms with Crippen LogP contribution in [0, 0.1) is 5.92 Å². The zero-order chi connectivity index (χ0) is 5.98. The van der Waals surface area contributed by atoms with Crippen molar-refractivity contribution in [3.63, 3.8) is 0 Å². The Kier molecular flexibility index (Phi) is 4.15. The Labute approximate surface area is 61.2 Å². The third kappa shape index (κ3) is 3.01. The minimum absolute atomic E-state index is 0. The van der Waals surface area contributed by atoms with E-state index >= 15 is 0 Å². The van der Waals surface area contributed by atoms with Crippen LogP contribution in [0.3, 0.4) is 0 Å². The molecule has 2 N–H and O–H groups in total. The molecule has 1 rings (SSSR count). The van der Waals surface area contributed by atoms with Gasteiger partial charge in [0.25, 0.3) is 0 Å². The molecule has 0 bridgehead atoms. The van der Waals surface area contributed by atoms with Crippen LogP contribution in [0.25, 0.3) is 0 Å². The SMILES string of the molecule is Cl.NCCC(F)C1CC1. The van der Waals surface area contributed by atoms with Crippen LogP contribution >= 0.6 is 12.4 Å². The molecule has 0 amide bonds. The van der Waals surface area contributed by atoms with E-state index in [1.807, 2.05) is 0 Å². The van der Waals surface area contributed by atoms with Crippen molar-refractivity contribution in [2.75, 3.05) is 6.54 Å². The van der Waals surface area contributed by atoms with Gasteiger partial charge in [0.1, 0.15) is 6.17 Å². The first-order valence-corrected chi connectivity index (χ1v) is 3.18. The second-order valence-electron chi connectivity index (χ2n) is 2.43. The van der Waals surface area contributed by atoms with E-state index in [9.17, 15) is 4.39 Å². The fraction of sp³-hybridized carbons (Fsp3) is 1.00. The van der Waals surface area contributed by atoms with Crippen molar-refractivity contribution in [1.29, 1.82) is 0 Å². The highest BCUT2D eigenvalue weighted by atomic mass is 35.5. The number of nitrogens with two attached hydrogens (primary N) is 1. The van der Waals surface area contributed by atoms with Gasteiger partial charge in [0.05, 0.1) is 0 Å². The lowest BCUT2D eigenvalue weighted by molar-refractivity contribution is 0.283. The lowest BCUT2D eigenvalue weighted by Gasteiger charge is -2.00. The molecule has 1 aliphatic rings. The summed E-state index contributed by atoms with van der Waals surface area (Å²) in [7, 11) is 0. The molecule has 56 valence electrons. The Balaban J connectivity index is 0.000000640. The van der Waals surface area contributed by atoms with Crippen LogP contribution < -0.4 is 5.73 Å². The minimum atomic E-state index is -0.597. The lowest BCUT2D eigenvalue weighted by Crippen LogP contribution is -2.10. The van der Waals surface area contributed by atoms with E-state index < -0.39 is 6.17 Å². The summed E-state index contributed by atoms with van der Waals surface area (Å²) in [6.07, 6.45) is 2.13. The third-order valence-corrected chi connectivity index (χ3v) is 1.58. The van der Waals surface area contributed by atoms with Crippen LogP contribution in [0.1, 0.15) is 19.3 Å².